The Balaban J connectivity index is 1.39. The van der Waals surface area contributed by atoms with Gasteiger partial charge < -0.3 is 5.11 Å². The number of hydrogen-bond donors (Lipinski definition) is 1. The first-order valence-electron chi connectivity index (χ1n) is 8.40. The molecule has 4 saturated carbocycles. The summed E-state index contributed by atoms with van der Waals surface area (Å²) in [5.41, 5.74) is 0.733. The SMILES string of the molecule is CC1C2CC3C(CCC4CCC4)C3(CCCO)C12. The Bertz CT molecular complexity index is 335. The molecule has 0 heterocycles. The van der Waals surface area contributed by atoms with Crippen LogP contribution in [0.4, 0.5) is 0 Å². The Morgan fingerprint density at radius 3 is 2.72 bits per heavy atom. The highest BCUT2D eigenvalue weighted by Crippen LogP contribution is 2.85. The Morgan fingerprint density at radius 2 is 2.06 bits per heavy atom. The van der Waals surface area contributed by atoms with Crippen LogP contribution in [0.25, 0.3) is 0 Å². The fraction of sp³-hybridized carbons (Fsp3) is 1.00. The van der Waals surface area contributed by atoms with Crippen molar-refractivity contribution in [1.82, 2.24) is 0 Å². The first-order chi connectivity index (χ1) is 8.79. The van der Waals surface area contributed by atoms with E-state index in [0.29, 0.717) is 6.61 Å². The molecule has 0 aromatic rings. The lowest BCUT2D eigenvalue weighted by atomic mass is 9.80. The molecule has 102 valence electrons. The van der Waals surface area contributed by atoms with Gasteiger partial charge in [0, 0.05) is 6.61 Å². The van der Waals surface area contributed by atoms with Crippen LogP contribution in [0.2, 0.25) is 0 Å². The van der Waals surface area contributed by atoms with Crippen molar-refractivity contribution in [2.24, 2.45) is 40.9 Å². The van der Waals surface area contributed by atoms with E-state index >= 15 is 0 Å². The smallest absolute Gasteiger partial charge is 0.0431 e. The van der Waals surface area contributed by atoms with Gasteiger partial charge in [-0.15, -0.1) is 0 Å². The van der Waals surface area contributed by atoms with Gasteiger partial charge in [-0.3, -0.25) is 0 Å². The van der Waals surface area contributed by atoms with Crippen molar-refractivity contribution in [2.45, 2.75) is 58.3 Å². The van der Waals surface area contributed by atoms with Crippen LogP contribution < -0.4 is 0 Å². The summed E-state index contributed by atoms with van der Waals surface area (Å²) >= 11 is 0. The van der Waals surface area contributed by atoms with Gasteiger partial charge in [0.1, 0.15) is 0 Å². The molecule has 4 aliphatic carbocycles. The maximum atomic E-state index is 9.18. The third kappa shape index (κ3) is 1.43. The molecule has 4 aliphatic rings. The quantitative estimate of drug-likeness (QED) is 0.757. The second kappa shape index (κ2) is 3.98. The lowest BCUT2D eigenvalue weighted by Crippen LogP contribution is -2.13. The van der Waals surface area contributed by atoms with Crippen molar-refractivity contribution in [1.29, 1.82) is 0 Å². The van der Waals surface area contributed by atoms with Crippen molar-refractivity contribution >= 4 is 0 Å². The van der Waals surface area contributed by atoms with Crippen LogP contribution in [0.3, 0.4) is 0 Å². The molecule has 1 nitrogen and oxygen atoms in total. The van der Waals surface area contributed by atoms with E-state index in [9.17, 15) is 5.11 Å². The zero-order chi connectivity index (χ0) is 12.3. The monoisotopic (exact) mass is 248 g/mol. The van der Waals surface area contributed by atoms with E-state index in [1.54, 1.807) is 6.42 Å². The third-order valence-electron chi connectivity index (χ3n) is 7.34. The molecule has 0 saturated heterocycles. The molecule has 4 fully saturated rings. The molecule has 0 aliphatic heterocycles. The van der Waals surface area contributed by atoms with E-state index in [2.05, 4.69) is 6.92 Å². The topological polar surface area (TPSA) is 20.2 Å². The molecule has 0 spiro atoms. The molecule has 0 radical (unpaired) electrons. The summed E-state index contributed by atoms with van der Waals surface area (Å²) in [5.74, 6) is 6.42. The minimum absolute atomic E-state index is 0.412. The van der Waals surface area contributed by atoms with Crippen LogP contribution in [-0.4, -0.2) is 11.7 Å². The van der Waals surface area contributed by atoms with Crippen LogP contribution in [-0.2, 0) is 0 Å². The normalized spacial score (nSPS) is 52.7. The van der Waals surface area contributed by atoms with Gasteiger partial charge in [0.05, 0.1) is 0 Å². The lowest BCUT2D eigenvalue weighted by Gasteiger charge is -2.26. The molecule has 0 bridgehead atoms. The Labute approximate surface area is 111 Å². The minimum Gasteiger partial charge on any atom is -0.396 e. The van der Waals surface area contributed by atoms with Gasteiger partial charge in [-0.25, -0.2) is 0 Å². The average Bonchev–Trinajstić information content (AvgIpc) is 3.08. The van der Waals surface area contributed by atoms with E-state index in [0.717, 1.165) is 47.3 Å². The predicted molar refractivity (Wildman–Crippen MR) is 73.1 cm³/mol. The highest BCUT2D eigenvalue weighted by atomic mass is 16.2. The number of fused-ring (bicyclic) bond motifs is 3. The zero-order valence-corrected chi connectivity index (χ0v) is 11.8. The largest absolute Gasteiger partial charge is 0.396 e. The summed E-state index contributed by atoms with van der Waals surface area (Å²) in [6, 6.07) is 0. The second-order valence-corrected chi connectivity index (χ2v) is 7.81. The van der Waals surface area contributed by atoms with Crippen LogP contribution in [0.1, 0.15) is 58.3 Å². The van der Waals surface area contributed by atoms with Crippen LogP contribution in [0, 0.1) is 40.9 Å². The summed E-state index contributed by atoms with van der Waals surface area (Å²) in [6.07, 6.45) is 11.5. The fourth-order valence-electron chi connectivity index (χ4n) is 6.18. The average molecular weight is 248 g/mol. The third-order valence-corrected chi connectivity index (χ3v) is 7.34. The van der Waals surface area contributed by atoms with E-state index in [-0.39, 0.29) is 0 Å². The van der Waals surface area contributed by atoms with Crippen molar-refractivity contribution in [3.8, 4) is 0 Å². The van der Waals surface area contributed by atoms with Crippen molar-refractivity contribution in [2.75, 3.05) is 6.61 Å². The highest BCUT2D eigenvalue weighted by Gasteiger charge is 2.79. The summed E-state index contributed by atoms with van der Waals surface area (Å²) in [7, 11) is 0. The summed E-state index contributed by atoms with van der Waals surface area (Å²) < 4.78 is 0. The number of hydrogen-bond acceptors (Lipinski definition) is 1. The Kier molecular flexibility index (Phi) is 2.60. The molecule has 1 N–H and O–H groups in total. The van der Waals surface area contributed by atoms with Gasteiger partial charge in [-0.1, -0.05) is 32.6 Å². The molecule has 0 aromatic carbocycles. The maximum Gasteiger partial charge on any atom is 0.0431 e. The first-order valence-corrected chi connectivity index (χ1v) is 8.40. The second-order valence-electron chi connectivity index (χ2n) is 7.81. The standard InChI is InChI=1S/C17H28O/c1-11-13-10-15-14(7-6-12-4-2-5-12)17(15,16(11)13)8-3-9-18/h11-16,18H,2-10H2,1H3. The van der Waals surface area contributed by atoms with E-state index < -0.39 is 0 Å². The van der Waals surface area contributed by atoms with Crippen molar-refractivity contribution < 1.29 is 5.11 Å². The maximum absolute atomic E-state index is 9.18. The number of aliphatic hydroxyl groups is 1. The van der Waals surface area contributed by atoms with Gasteiger partial charge in [-0.05, 0) is 66.6 Å². The molecule has 1 heteroatoms. The summed E-state index contributed by atoms with van der Waals surface area (Å²) in [6.45, 7) is 2.89. The number of aliphatic hydroxyl groups excluding tert-OH is 1. The Hall–Kier alpha value is -0.0400. The Morgan fingerprint density at radius 1 is 1.22 bits per heavy atom. The van der Waals surface area contributed by atoms with Gasteiger partial charge in [0.25, 0.3) is 0 Å². The van der Waals surface area contributed by atoms with Crippen molar-refractivity contribution in [3.05, 3.63) is 0 Å². The van der Waals surface area contributed by atoms with Crippen molar-refractivity contribution in [3.63, 3.8) is 0 Å². The summed E-state index contributed by atoms with van der Waals surface area (Å²) in [5, 5.41) is 9.18. The van der Waals surface area contributed by atoms with Gasteiger partial charge in [0.2, 0.25) is 0 Å². The molecule has 6 unspecified atom stereocenters. The fourth-order valence-corrected chi connectivity index (χ4v) is 6.18. The molecular weight excluding hydrogens is 220 g/mol. The van der Waals surface area contributed by atoms with Gasteiger partial charge in [0.15, 0.2) is 0 Å². The lowest BCUT2D eigenvalue weighted by molar-refractivity contribution is 0.235. The van der Waals surface area contributed by atoms with Crippen LogP contribution >= 0.6 is 0 Å². The van der Waals surface area contributed by atoms with Crippen LogP contribution in [0.15, 0.2) is 0 Å². The van der Waals surface area contributed by atoms with E-state index in [1.807, 2.05) is 0 Å². The van der Waals surface area contributed by atoms with Crippen LogP contribution in [0.5, 0.6) is 0 Å². The van der Waals surface area contributed by atoms with E-state index in [4.69, 9.17) is 0 Å². The molecule has 18 heavy (non-hydrogen) atoms. The molecule has 4 rings (SSSR count). The zero-order valence-electron chi connectivity index (χ0n) is 11.8. The number of rotatable bonds is 6. The molecule has 6 atom stereocenters. The minimum atomic E-state index is 0.412. The summed E-state index contributed by atoms with van der Waals surface area (Å²) in [4.78, 5) is 0. The predicted octanol–water partition coefficient (Wildman–Crippen LogP) is 3.86. The molecule has 0 amide bonds. The highest BCUT2D eigenvalue weighted by molar-refractivity contribution is 5.27. The van der Waals surface area contributed by atoms with E-state index in [1.165, 1.54) is 38.5 Å². The first kappa shape index (κ1) is 11.8. The van der Waals surface area contributed by atoms with Gasteiger partial charge in [-0.2, -0.15) is 0 Å². The molecule has 0 aromatic heterocycles. The van der Waals surface area contributed by atoms with Gasteiger partial charge >= 0.3 is 0 Å². The molecular formula is C17H28O.